The van der Waals surface area contributed by atoms with Crippen LogP contribution in [-0.2, 0) is 9.47 Å². The van der Waals surface area contributed by atoms with Gasteiger partial charge in [0.2, 0.25) is 0 Å². The van der Waals surface area contributed by atoms with Crippen molar-refractivity contribution in [1.29, 1.82) is 0 Å². The molecule has 1 heterocycles. The van der Waals surface area contributed by atoms with E-state index in [1.54, 1.807) is 7.11 Å². The van der Waals surface area contributed by atoms with Gasteiger partial charge >= 0.3 is 0 Å². The fourth-order valence-electron chi connectivity index (χ4n) is 2.84. The fraction of sp³-hybridized carbons (Fsp3) is 1.00. The van der Waals surface area contributed by atoms with Crippen LogP contribution in [0, 0.1) is 5.92 Å². The van der Waals surface area contributed by atoms with Crippen molar-refractivity contribution < 1.29 is 9.47 Å². The molecule has 1 aliphatic heterocycles. The van der Waals surface area contributed by atoms with Gasteiger partial charge in [0.05, 0.1) is 11.6 Å². The smallest absolute Gasteiger partial charge is 0.0890 e. The molecule has 1 saturated heterocycles. The van der Waals surface area contributed by atoms with Gasteiger partial charge in [0.15, 0.2) is 0 Å². The minimum atomic E-state index is -0.149. The lowest BCUT2D eigenvalue weighted by Crippen LogP contribution is -2.60. The van der Waals surface area contributed by atoms with E-state index in [0.29, 0.717) is 5.92 Å². The highest BCUT2D eigenvalue weighted by Gasteiger charge is 2.42. The molecule has 0 bridgehead atoms. The Morgan fingerprint density at radius 2 is 1.88 bits per heavy atom. The minimum absolute atomic E-state index is 0.149. The summed E-state index contributed by atoms with van der Waals surface area (Å²) in [6.07, 6.45) is 4.10. The summed E-state index contributed by atoms with van der Waals surface area (Å²) in [5.41, 5.74) is 2.84. The van der Waals surface area contributed by atoms with E-state index in [1.165, 1.54) is 0 Å². The first-order valence-electron chi connectivity index (χ1n) is 6.33. The zero-order valence-electron chi connectivity index (χ0n) is 10.8. The monoisotopic (exact) mass is 230 g/mol. The van der Waals surface area contributed by atoms with E-state index in [2.05, 4.69) is 19.3 Å². The van der Waals surface area contributed by atoms with Gasteiger partial charge in [-0.2, -0.15) is 0 Å². The molecule has 96 valence electrons. The summed E-state index contributed by atoms with van der Waals surface area (Å²) >= 11 is 0. The Labute approximate surface area is 98.8 Å². The van der Waals surface area contributed by atoms with Gasteiger partial charge in [-0.15, -0.1) is 0 Å². The van der Waals surface area contributed by atoms with Crippen LogP contribution in [-0.4, -0.2) is 32.0 Å². The molecule has 16 heavy (non-hydrogen) atoms. The Hall–Kier alpha value is -0.160. The van der Waals surface area contributed by atoms with Crippen molar-refractivity contribution in [1.82, 2.24) is 5.43 Å². The van der Waals surface area contributed by atoms with Crippen LogP contribution in [0.3, 0.4) is 0 Å². The predicted octanol–water partition coefficient (Wildman–Crippen LogP) is 1.45. The van der Waals surface area contributed by atoms with E-state index in [1.807, 2.05) is 0 Å². The Morgan fingerprint density at radius 1 is 1.31 bits per heavy atom. The molecule has 1 aliphatic rings. The number of rotatable bonds is 6. The van der Waals surface area contributed by atoms with Gasteiger partial charge in [0.1, 0.15) is 0 Å². The topological polar surface area (TPSA) is 56.5 Å². The third kappa shape index (κ3) is 2.74. The number of methoxy groups -OCH3 is 1. The Bertz CT molecular complexity index is 189. The summed E-state index contributed by atoms with van der Waals surface area (Å²) in [6.45, 7) is 5.96. The molecule has 0 aromatic carbocycles. The van der Waals surface area contributed by atoms with Gasteiger partial charge < -0.3 is 9.47 Å². The summed E-state index contributed by atoms with van der Waals surface area (Å²) in [7, 11) is 1.79. The lowest BCUT2D eigenvalue weighted by Gasteiger charge is -2.45. The second-order valence-electron chi connectivity index (χ2n) is 4.60. The molecule has 1 fully saturated rings. The maximum absolute atomic E-state index is 5.79. The number of hydrazine groups is 1. The Balaban J connectivity index is 2.80. The molecule has 0 saturated carbocycles. The van der Waals surface area contributed by atoms with Gasteiger partial charge in [0, 0.05) is 33.2 Å². The quantitative estimate of drug-likeness (QED) is 0.535. The van der Waals surface area contributed by atoms with Gasteiger partial charge in [0.25, 0.3) is 0 Å². The first kappa shape index (κ1) is 13.9. The van der Waals surface area contributed by atoms with Crippen LogP contribution < -0.4 is 11.3 Å². The van der Waals surface area contributed by atoms with E-state index < -0.39 is 0 Å². The summed E-state index contributed by atoms with van der Waals surface area (Å²) in [4.78, 5) is 0. The number of ether oxygens (including phenoxy) is 2. The molecule has 0 radical (unpaired) electrons. The van der Waals surface area contributed by atoms with Crippen LogP contribution >= 0.6 is 0 Å². The Morgan fingerprint density at radius 3 is 2.25 bits per heavy atom. The Kier molecular flexibility index (Phi) is 5.69. The minimum Gasteiger partial charge on any atom is -0.381 e. The second kappa shape index (κ2) is 6.55. The van der Waals surface area contributed by atoms with E-state index in [0.717, 1.165) is 38.9 Å². The molecule has 0 aromatic rings. The van der Waals surface area contributed by atoms with Crippen molar-refractivity contribution in [2.24, 2.45) is 11.8 Å². The predicted molar refractivity (Wildman–Crippen MR) is 65.0 cm³/mol. The standard InChI is InChI=1S/C12H26N2O2/c1-4-10(5-2)11(14-13)12(15-3)6-8-16-9-7-12/h10-11,14H,4-9,13H2,1-3H3. The molecule has 4 nitrogen and oxygen atoms in total. The molecule has 1 atom stereocenters. The molecular formula is C12H26N2O2. The number of hydrogen-bond donors (Lipinski definition) is 2. The second-order valence-corrected chi connectivity index (χ2v) is 4.60. The van der Waals surface area contributed by atoms with Crippen LogP contribution in [0.2, 0.25) is 0 Å². The third-order valence-corrected chi connectivity index (χ3v) is 4.01. The maximum Gasteiger partial charge on any atom is 0.0890 e. The molecule has 0 spiro atoms. The summed E-state index contributed by atoms with van der Waals surface area (Å²) in [5, 5.41) is 0. The summed E-state index contributed by atoms with van der Waals surface area (Å²) in [5.74, 6) is 6.30. The van der Waals surface area contributed by atoms with Crippen LogP contribution in [0.1, 0.15) is 39.5 Å². The molecular weight excluding hydrogens is 204 g/mol. The lowest BCUT2D eigenvalue weighted by molar-refractivity contribution is -0.121. The number of hydrogen-bond acceptors (Lipinski definition) is 4. The average Bonchev–Trinajstić information content (AvgIpc) is 2.36. The first-order valence-corrected chi connectivity index (χ1v) is 6.33. The molecule has 0 amide bonds. The summed E-state index contributed by atoms with van der Waals surface area (Å²) in [6, 6.07) is 0.219. The van der Waals surface area contributed by atoms with Crippen molar-refractivity contribution >= 4 is 0 Å². The molecule has 0 aromatic heterocycles. The van der Waals surface area contributed by atoms with Crippen molar-refractivity contribution in [2.45, 2.75) is 51.2 Å². The van der Waals surface area contributed by atoms with Crippen LogP contribution in [0.25, 0.3) is 0 Å². The molecule has 1 unspecified atom stereocenters. The van der Waals surface area contributed by atoms with Gasteiger partial charge in [-0.25, -0.2) is 0 Å². The van der Waals surface area contributed by atoms with Gasteiger partial charge in [-0.1, -0.05) is 26.7 Å². The highest BCUT2D eigenvalue weighted by Crippen LogP contribution is 2.33. The van der Waals surface area contributed by atoms with Gasteiger partial charge in [-0.05, 0) is 5.92 Å². The third-order valence-electron chi connectivity index (χ3n) is 4.01. The number of nitrogens with one attached hydrogen (secondary N) is 1. The van der Waals surface area contributed by atoms with E-state index >= 15 is 0 Å². The zero-order chi connectivity index (χ0) is 12.0. The average molecular weight is 230 g/mol. The SMILES string of the molecule is CCC(CC)C(NN)C1(OC)CCOCC1. The molecule has 0 aliphatic carbocycles. The zero-order valence-corrected chi connectivity index (χ0v) is 10.8. The summed E-state index contributed by atoms with van der Waals surface area (Å²) < 4.78 is 11.2. The molecule has 4 heteroatoms. The lowest BCUT2D eigenvalue weighted by atomic mass is 9.77. The van der Waals surface area contributed by atoms with Crippen molar-refractivity contribution in [3.8, 4) is 0 Å². The van der Waals surface area contributed by atoms with Crippen molar-refractivity contribution in [2.75, 3.05) is 20.3 Å². The van der Waals surface area contributed by atoms with Crippen molar-refractivity contribution in [3.05, 3.63) is 0 Å². The van der Waals surface area contributed by atoms with E-state index in [9.17, 15) is 0 Å². The highest BCUT2D eigenvalue weighted by molar-refractivity contribution is 4.96. The fourth-order valence-corrected chi connectivity index (χ4v) is 2.84. The van der Waals surface area contributed by atoms with Crippen molar-refractivity contribution in [3.63, 3.8) is 0 Å². The van der Waals surface area contributed by atoms with E-state index in [-0.39, 0.29) is 11.6 Å². The van der Waals surface area contributed by atoms with Crippen LogP contribution in [0.4, 0.5) is 0 Å². The van der Waals surface area contributed by atoms with Crippen LogP contribution in [0.15, 0.2) is 0 Å². The highest BCUT2D eigenvalue weighted by atomic mass is 16.5. The van der Waals surface area contributed by atoms with Crippen LogP contribution in [0.5, 0.6) is 0 Å². The van der Waals surface area contributed by atoms with Gasteiger partial charge in [-0.3, -0.25) is 11.3 Å². The largest absolute Gasteiger partial charge is 0.381 e. The molecule has 1 rings (SSSR count). The first-order chi connectivity index (χ1) is 7.74. The normalized spacial score (nSPS) is 22.3. The molecule has 3 N–H and O–H groups in total. The maximum atomic E-state index is 5.79. The number of nitrogens with two attached hydrogens (primary N) is 1. The van der Waals surface area contributed by atoms with E-state index in [4.69, 9.17) is 15.3 Å².